The molecular formula is C20H20O3S2. The fourth-order valence-corrected chi connectivity index (χ4v) is 7.82. The molecule has 1 aliphatic carbocycles. The quantitative estimate of drug-likeness (QED) is 0.809. The second-order valence-electron chi connectivity index (χ2n) is 6.33. The normalized spacial score (nSPS) is 27.0. The van der Waals surface area contributed by atoms with Crippen LogP contribution < -0.4 is 0 Å². The van der Waals surface area contributed by atoms with Crippen molar-refractivity contribution in [3.63, 3.8) is 0 Å². The average molecular weight is 373 g/mol. The average Bonchev–Trinajstić information content (AvgIpc) is 3.15. The van der Waals surface area contributed by atoms with Crippen molar-refractivity contribution in [1.29, 1.82) is 0 Å². The van der Waals surface area contributed by atoms with Crippen LogP contribution in [-0.2, 0) is 13.6 Å². The van der Waals surface area contributed by atoms with Gasteiger partial charge in [-0.25, -0.2) is 0 Å². The Morgan fingerprint density at radius 3 is 2.40 bits per heavy atom. The number of carbonyl (C=O) groups excluding carboxylic acids is 1. The molecule has 3 nitrogen and oxygen atoms in total. The molecule has 3 atom stereocenters. The molecule has 5 heteroatoms. The van der Waals surface area contributed by atoms with Crippen molar-refractivity contribution in [2.45, 2.75) is 16.1 Å². The van der Waals surface area contributed by atoms with E-state index in [2.05, 4.69) is 18.2 Å². The molecule has 1 N–H and O–H groups in total. The van der Waals surface area contributed by atoms with E-state index in [0.29, 0.717) is 0 Å². The molecule has 0 unspecified atom stereocenters. The van der Waals surface area contributed by atoms with E-state index < -0.39 is 12.0 Å². The Bertz CT molecular complexity index is 772. The minimum atomic E-state index is -0.860. The summed E-state index contributed by atoms with van der Waals surface area (Å²) in [5.74, 6) is 0.978. The van der Waals surface area contributed by atoms with Gasteiger partial charge in [-0.2, -0.15) is 0 Å². The third-order valence-electron chi connectivity index (χ3n) is 5.11. The SMILES string of the molecule is COC(=O)[C@@H]1[C@@H](c2ccccc2)C2(SCCS2)c2ccccc2[C@@H]1O. The lowest BCUT2D eigenvalue weighted by Crippen LogP contribution is -2.43. The molecule has 1 heterocycles. The van der Waals surface area contributed by atoms with E-state index in [0.717, 1.165) is 28.2 Å². The van der Waals surface area contributed by atoms with E-state index in [1.807, 2.05) is 59.9 Å². The van der Waals surface area contributed by atoms with Gasteiger partial charge >= 0.3 is 5.97 Å². The van der Waals surface area contributed by atoms with Gasteiger partial charge in [0.15, 0.2) is 0 Å². The summed E-state index contributed by atoms with van der Waals surface area (Å²) in [6, 6.07) is 18.1. The highest BCUT2D eigenvalue weighted by Crippen LogP contribution is 2.66. The minimum Gasteiger partial charge on any atom is -0.469 e. The lowest BCUT2D eigenvalue weighted by atomic mass is 9.70. The van der Waals surface area contributed by atoms with Crippen molar-refractivity contribution in [1.82, 2.24) is 0 Å². The molecule has 0 bridgehead atoms. The number of esters is 1. The number of hydrogen-bond acceptors (Lipinski definition) is 5. The lowest BCUT2D eigenvalue weighted by Gasteiger charge is -2.47. The van der Waals surface area contributed by atoms with Crippen LogP contribution >= 0.6 is 23.5 Å². The monoisotopic (exact) mass is 372 g/mol. The maximum atomic E-state index is 12.7. The lowest BCUT2D eigenvalue weighted by molar-refractivity contribution is -0.151. The van der Waals surface area contributed by atoms with Crippen LogP contribution in [0, 0.1) is 5.92 Å². The van der Waals surface area contributed by atoms with Crippen LogP contribution in [0.5, 0.6) is 0 Å². The molecular weight excluding hydrogens is 352 g/mol. The molecule has 0 aromatic heterocycles. The highest BCUT2D eigenvalue weighted by atomic mass is 32.2. The third-order valence-corrected chi connectivity index (χ3v) is 8.70. The number of carbonyl (C=O) groups is 1. The van der Waals surface area contributed by atoms with E-state index >= 15 is 0 Å². The van der Waals surface area contributed by atoms with Gasteiger partial charge in [-0.05, 0) is 16.7 Å². The fraction of sp³-hybridized carbons (Fsp3) is 0.350. The third kappa shape index (κ3) is 2.60. The predicted octanol–water partition coefficient (Wildman–Crippen LogP) is 3.94. The molecule has 1 spiro atoms. The topological polar surface area (TPSA) is 46.5 Å². The van der Waals surface area contributed by atoms with Gasteiger partial charge in [0.25, 0.3) is 0 Å². The van der Waals surface area contributed by atoms with Gasteiger partial charge in [-0.15, -0.1) is 23.5 Å². The minimum absolute atomic E-state index is 0.136. The second-order valence-corrected chi connectivity index (χ2v) is 9.27. The van der Waals surface area contributed by atoms with Gasteiger partial charge in [0.05, 0.1) is 23.2 Å². The van der Waals surface area contributed by atoms with Crippen molar-refractivity contribution in [3.05, 3.63) is 71.3 Å². The first-order chi connectivity index (χ1) is 12.2. The number of aliphatic hydroxyl groups excluding tert-OH is 1. The van der Waals surface area contributed by atoms with Gasteiger partial charge in [-0.1, -0.05) is 54.6 Å². The Balaban J connectivity index is 1.98. The molecule has 1 fully saturated rings. The first-order valence-electron chi connectivity index (χ1n) is 8.37. The van der Waals surface area contributed by atoms with Crippen LogP contribution in [0.2, 0.25) is 0 Å². The molecule has 0 radical (unpaired) electrons. The molecule has 0 saturated carbocycles. The summed E-state index contributed by atoms with van der Waals surface area (Å²) in [5, 5.41) is 11.1. The molecule has 2 aliphatic rings. The van der Waals surface area contributed by atoms with Crippen LogP contribution in [0.4, 0.5) is 0 Å². The number of rotatable bonds is 2. The van der Waals surface area contributed by atoms with Crippen LogP contribution in [0.25, 0.3) is 0 Å². The van der Waals surface area contributed by atoms with Crippen molar-refractivity contribution in [2.75, 3.05) is 18.6 Å². The van der Waals surface area contributed by atoms with Gasteiger partial charge in [0.2, 0.25) is 0 Å². The Hall–Kier alpha value is -1.43. The van der Waals surface area contributed by atoms with Crippen molar-refractivity contribution < 1.29 is 14.6 Å². The number of aliphatic hydroxyl groups is 1. The zero-order valence-corrected chi connectivity index (χ0v) is 15.6. The second kappa shape index (κ2) is 6.71. The number of ether oxygens (including phenoxy) is 1. The smallest absolute Gasteiger partial charge is 0.312 e. The summed E-state index contributed by atoms with van der Waals surface area (Å²) in [6.07, 6.45) is -0.860. The van der Waals surface area contributed by atoms with Gasteiger partial charge in [0, 0.05) is 17.4 Å². The molecule has 130 valence electrons. The van der Waals surface area contributed by atoms with E-state index in [9.17, 15) is 9.90 Å². The number of hydrogen-bond donors (Lipinski definition) is 1. The molecule has 2 aromatic rings. The summed E-state index contributed by atoms with van der Waals surface area (Å²) in [6.45, 7) is 0. The Kier molecular flexibility index (Phi) is 4.56. The van der Waals surface area contributed by atoms with E-state index in [1.165, 1.54) is 7.11 Å². The summed E-state index contributed by atoms with van der Waals surface area (Å²) >= 11 is 3.78. The number of fused-ring (bicyclic) bond motifs is 2. The largest absolute Gasteiger partial charge is 0.469 e. The van der Waals surface area contributed by atoms with Crippen LogP contribution in [0.1, 0.15) is 28.7 Å². The predicted molar refractivity (Wildman–Crippen MR) is 103 cm³/mol. The Morgan fingerprint density at radius 2 is 1.72 bits per heavy atom. The van der Waals surface area contributed by atoms with Gasteiger partial charge in [-0.3, -0.25) is 4.79 Å². The molecule has 0 amide bonds. The highest BCUT2D eigenvalue weighted by molar-refractivity contribution is 8.20. The van der Waals surface area contributed by atoms with Gasteiger partial charge in [0.1, 0.15) is 0 Å². The van der Waals surface area contributed by atoms with E-state index in [1.54, 1.807) is 0 Å². The maximum absolute atomic E-state index is 12.7. The summed E-state index contributed by atoms with van der Waals surface area (Å²) in [7, 11) is 1.40. The summed E-state index contributed by atoms with van der Waals surface area (Å²) < 4.78 is 4.84. The molecule has 1 saturated heterocycles. The zero-order valence-electron chi connectivity index (χ0n) is 13.9. The zero-order chi connectivity index (χ0) is 17.4. The summed E-state index contributed by atoms with van der Waals surface area (Å²) in [5.41, 5.74) is 3.07. The maximum Gasteiger partial charge on any atom is 0.312 e. The number of benzene rings is 2. The molecule has 25 heavy (non-hydrogen) atoms. The first kappa shape index (κ1) is 17.0. The standard InChI is InChI=1S/C20H20O3S2/c1-23-19(22)16-17(13-7-3-2-4-8-13)20(24-11-12-25-20)15-10-6-5-9-14(15)18(16)21/h2-10,16-18,21H,11-12H2,1H3/t16-,17-,18+/m1/s1. The van der Waals surface area contributed by atoms with Crippen LogP contribution in [0.15, 0.2) is 54.6 Å². The van der Waals surface area contributed by atoms with Crippen LogP contribution in [-0.4, -0.2) is 29.7 Å². The summed E-state index contributed by atoms with van der Waals surface area (Å²) in [4.78, 5) is 12.7. The number of thioether (sulfide) groups is 2. The molecule has 4 rings (SSSR count). The Morgan fingerprint density at radius 1 is 1.08 bits per heavy atom. The number of methoxy groups -OCH3 is 1. The van der Waals surface area contributed by atoms with Gasteiger partial charge < -0.3 is 9.84 Å². The van der Waals surface area contributed by atoms with E-state index in [4.69, 9.17) is 4.74 Å². The van der Waals surface area contributed by atoms with Crippen molar-refractivity contribution in [3.8, 4) is 0 Å². The molecule has 1 aliphatic heterocycles. The Labute approximate surface area is 156 Å². The fourth-order valence-electron chi connectivity index (χ4n) is 4.10. The first-order valence-corrected chi connectivity index (χ1v) is 10.3. The van der Waals surface area contributed by atoms with E-state index in [-0.39, 0.29) is 16.0 Å². The van der Waals surface area contributed by atoms with Crippen LogP contribution in [0.3, 0.4) is 0 Å². The highest BCUT2D eigenvalue weighted by Gasteiger charge is 2.57. The van der Waals surface area contributed by atoms with Crippen molar-refractivity contribution in [2.24, 2.45) is 5.92 Å². The van der Waals surface area contributed by atoms with Crippen molar-refractivity contribution >= 4 is 29.5 Å². The molecule has 2 aromatic carbocycles.